The van der Waals surface area contributed by atoms with E-state index in [9.17, 15) is 9.59 Å². The van der Waals surface area contributed by atoms with E-state index in [1.165, 1.54) is 38.5 Å². The normalized spacial score (nSPS) is 24.9. The van der Waals surface area contributed by atoms with Gasteiger partial charge in [0, 0.05) is 18.1 Å². The van der Waals surface area contributed by atoms with Crippen LogP contribution in [0.3, 0.4) is 0 Å². The van der Waals surface area contributed by atoms with Gasteiger partial charge < -0.3 is 9.30 Å². The van der Waals surface area contributed by atoms with Gasteiger partial charge in [-0.2, -0.15) is 0 Å². The zero-order valence-electron chi connectivity index (χ0n) is 21.5. The summed E-state index contributed by atoms with van der Waals surface area (Å²) in [7, 11) is 0. The fraction of sp³-hybridized carbons (Fsp3) is 0.679. The summed E-state index contributed by atoms with van der Waals surface area (Å²) in [6.07, 6.45) is 8.46. The highest BCUT2D eigenvalue weighted by molar-refractivity contribution is 5.89. The van der Waals surface area contributed by atoms with Crippen molar-refractivity contribution in [3.63, 3.8) is 0 Å². The first-order chi connectivity index (χ1) is 16.2. The lowest BCUT2D eigenvalue weighted by Crippen LogP contribution is -2.43. The average molecular weight is 468 g/mol. The second-order valence-corrected chi connectivity index (χ2v) is 11.3. The van der Waals surface area contributed by atoms with Crippen molar-refractivity contribution in [2.24, 2.45) is 11.3 Å². The lowest BCUT2D eigenvalue weighted by molar-refractivity contribution is 0.0516. The monoisotopic (exact) mass is 467 g/mol. The van der Waals surface area contributed by atoms with Crippen molar-refractivity contribution in [1.82, 2.24) is 14.5 Å². The van der Waals surface area contributed by atoms with Crippen LogP contribution in [0.15, 0.2) is 29.1 Å². The van der Waals surface area contributed by atoms with E-state index in [2.05, 4.69) is 37.6 Å². The first-order valence-corrected chi connectivity index (χ1v) is 13.1. The molecule has 1 aliphatic carbocycles. The number of carbonyl (C=O) groups is 1. The molecule has 0 N–H and O–H groups in total. The third-order valence-corrected chi connectivity index (χ3v) is 8.13. The molecule has 4 rings (SSSR count). The van der Waals surface area contributed by atoms with Gasteiger partial charge in [0.15, 0.2) is 0 Å². The standard InChI is InChI=1S/C28H41N3O3/c1-6-34-27(33)25-26(32)31(24-12-8-7-11-23(24)29-25)19(2)18-22-10-9-17-30(22)21-15-13-20(14-16-21)28(3,4)5/h7-8,11-12,19-22H,6,9-10,13-18H2,1-5H3/t19-,20-,21+,22-/m0/s1. The summed E-state index contributed by atoms with van der Waals surface area (Å²) in [6, 6.07) is 8.68. The fourth-order valence-corrected chi connectivity index (χ4v) is 6.29. The summed E-state index contributed by atoms with van der Waals surface area (Å²) in [4.78, 5) is 33.0. The van der Waals surface area contributed by atoms with Crippen LogP contribution in [-0.4, -0.2) is 45.7 Å². The summed E-state index contributed by atoms with van der Waals surface area (Å²) < 4.78 is 6.91. The molecule has 6 nitrogen and oxygen atoms in total. The molecular weight excluding hydrogens is 426 g/mol. The molecule has 1 saturated carbocycles. The molecule has 34 heavy (non-hydrogen) atoms. The van der Waals surface area contributed by atoms with Crippen LogP contribution in [0.1, 0.15) is 96.1 Å². The summed E-state index contributed by atoms with van der Waals surface area (Å²) in [6.45, 7) is 12.3. The second kappa shape index (κ2) is 10.2. The maximum Gasteiger partial charge on any atom is 0.362 e. The molecule has 2 heterocycles. The Balaban J connectivity index is 1.56. The van der Waals surface area contributed by atoms with Crippen molar-refractivity contribution >= 4 is 17.0 Å². The molecule has 2 atom stereocenters. The molecule has 0 bridgehead atoms. The van der Waals surface area contributed by atoms with Crippen LogP contribution in [0.25, 0.3) is 11.0 Å². The highest BCUT2D eigenvalue weighted by atomic mass is 16.5. The van der Waals surface area contributed by atoms with Crippen molar-refractivity contribution in [2.75, 3.05) is 13.2 Å². The molecular formula is C28H41N3O3. The van der Waals surface area contributed by atoms with Gasteiger partial charge >= 0.3 is 5.97 Å². The third kappa shape index (κ3) is 5.07. The van der Waals surface area contributed by atoms with Crippen molar-refractivity contribution in [3.05, 3.63) is 40.3 Å². The Morgan fingerprint density at radius 1 is 1.15 bits per heavy atom. The van der Waals surface area contributed by atoms with Crippen LogP contribution in [-0.2, 0) is 4.74 Å². The molecule has 1 aliphatic heterocycles. The van der Waals surface area contributed by atoms with Crippen LogP contribution >= 0.6 is 0 Å². The Bertz CT molecular complexity index is 1060. The van der Waals surface area contributed by atoms with Gasteiger partial charge in [0.1, 0.15) is 0 Å². The minimum absolute atomic E-state index is 0.0370. The lowest BCUT2D eigenvalue weighted by atomic mass is 9.71. The van der Waals surface area contributed by atoms with Crippen LogP contribution < -0.4 is 5.56 Å². The molecule has 1 aromatic carbocycles. The predicted octanol–water partition coefficient (Wildman–Crippen LogP) is 5.59. The lowest BCUT2D eigenvalue weighted by Gasteiger charge is -2.42. The van der Waals surface area contributed by atoms with E-state index in [1.54, 1.807) is 11.5 Å². The number of rotatable bonds is 6. The van der Waals surface area contributed by atoms with Crippen molar-refractivity contribution in [1.29, 1.82) is 0 Å². The number of nitrogens with zero attached hydrogens (tertiary/aromatic N) is 3. The summed E-state index contributed by atoms with van der Waals surface area (Å²) >= 11 is 0. The van der Waals surface area contributed by atoms with Gasteiger partial charge in [0.05, 0.1) is 17.6 Å². The van der Waals surface area contributed by atoms with Gasteiger partial charge in [-0.05, 0) is 88.8 Å². The highest BCUT2D eigenvalue weighted by Crippen LogP contribution is 2.41. The van der Waals surface area contributed by atoms with E-state index < -0.39 is 5.97 Å². The average Bonchev–Trinajstić information content (AvgIpc) is 3.26. The Hall–Kier alpha value is -2.21. The van der Waals surface area contributed by atoms with Gasteiger partial charge in [-0.1, -0.05) is 32.9 Å². The number of para-hydroxylation sites is 2. The molecule has 2 fully saturated rings. The highest BCUT2D eigenvalue weighted by Gasteiger charge is 2.37. The number of fused-ring (bicyclic) bond motifs is 1. The SMILES string of the molecule is CCOC(=O)c1nc2ccccc2n([C@@H](C)C[C@@H]2CCCN2[C@H]2CC[C@@H](C(C)(C)C)CC2)c1=O. The van der Waals surface area contributed by atoms with Gasteiger partial charge in [-0.3, -0.25) is 9.69 Å². The molecule has 0 radical (unpaired) electrons. The van der Waals surface area contributed by atoms with Crippen molar-refractivity contribution in [3.8, 4) is 0 Å². The number of likely N-dealkylation sites (tertiary alicyclic amines) is 1. The smallest absolute Gasteiger partial charge is 0.362 e. The Morgan fingerprint density at radius 3 is 2.53 bits per heavy atom. The largest absolute Gasteiger partial charge is 0.461 e. The van der Waals surface area contributed by atoms with Gasteiger partial charge in [0.2, 0.25) is 5.69 Å². The zero-order valence-corrected chi connectivity index (χ0v) is 21.5. The minimum atomic E-state index is -0.641. The molecule has 1 aromatic heterocycles. The van der Waals surface area contributed by atoms with Crippen LogP contribution in [0.5, 0.6) is 0 Å². The third-order valence-electron chi connectivity index (χ3n) is 8.13. The summed E-state index contributed by atoms with van der Waals surface area (Å²) in [5.41, 5.74) is 1.37. The quantitative estimate of drug-likeness (QED) is 0.518. The fourth-order valence-electron chi connectivity index (χ4n) is 6.29. The maximum absolute atomic E-state index is 13.4. The second-order valence-electron chi connectivity index (χ2n) is 11.3. The maximum atomic E-state index is 13.4. The number of hydrogen-bond acceptors (Lipinski definition) is 5. The first-order valence-electron chi connectivity index (χ1n) is 13.1. The van der Waals surface area contributed by atoms with E-state index in [0.717, 1.165) is 24.4 Å². The van der Waals surface area contributed by atoms with Gasteiger partial charge in [0.25, 0.3) is 5.56 Å². The molecule has 0 amide bonds. The molecule has 2 aromatic rings. The predicted molar refractivity (Wildman–Crippen MR) is 136 cm³/mol. The molecule has 1 saturated heterocycles. The Morgan fingerprint density at radius 2 is 1.85 bits per heavy atom. The number of carbonyl (C=O) groups excluding carboxylic acids is 1. The van der Waals surface area contributed by atoms with Crippen molar-refractivity contribution < 1.29 is 9.53 Å². The molecule has 0 unspecified atom stereocenters. The number of benzene rings is 1. The number of aromatic nitrogens is 2. The van der Waals surface area contributed by atoms with Crippen LogP contribution in [0.2, 0.25) is 0 Å². The van der Waals surface area contributed by atoms with E-state index in [4.69, 9.17) is 4.74 Å². The molecule has 186 valence electrons. The summed E-state index contributed by atoms with van der Waals surface area (Å²) in [5.74, 6) is 0.170. The zero-order chi connectivity index (χ0) is 24.5. The van der Waals surface area contributed by atoms with E-state index in [1.807, 2.05) is 24.3 Å². The van der Waals surface area contributed by atoms with Crippen LogP contribution in [0, 0.1) is 11.3 Å². The Kier molecular flexibility index (Phi) is 7.46. The van der Waals surface area contributed by atoms with Crippen LogP contribution in [0.4, 0.5) is 0 Å². The van der Waals surface area contributed by atoms with Gasteiger partial charge in [-0.25, -0.2) is 9.78 Å². The van der Waals surface area contributed by atoms with E-state index in [-0.39, 0.29) is 23.9 Å². The minimum Gasteiger partial charge on any atom is -0.461 e. The summed E-state index contributed by atoms with van der Waals surface area (Å²) in [5, 5.41) is 0. The molecule has 0 spiro atoms. The first kappa shape index (κ1) is 24.9. The number of hydrogen-bond donors (Lipinski definition) is 0. The van der Waals surface area contributed by atoms with Crippen molar-refractivity contribution in [2.45, 2.75) is 97.7 Å². The Labute approximate surface area is 203 Å². The topological polar surface area (TPSA) is 64.4 Å². The number of ether oxygens (including phenoxy) is 1. The van der Waals surface area contributed by atoms with E-state index in [0.29, 0.717) is 23.0 Å². The number of esters is 1. The molecule has 6 heteroatoms. The van der Waals surface area contributed by atoms with Gasteiger partial charge in [-0.15, -0.1) is 0 Å². The van der Waals surface area contributed by atoms with E-state index >= 15 is 0 Å². The molecule has 2 aliphatic rings.